The standard InChI is InChI=1S/C24H22N4O4S/c1-15-7-5-11-20(16(15)2)28-22(30)18-9-3-4-10-19(18)26-24(28)33-14-21(29)27-23(31)25-13-17-8-6-12-32-17/h3-12H,13-14H2,1-2H3,(H2,25,27,29,31). The number of fused-ring (bicyclic) bond motifs is 1. The first-order valence-corrected chi connectivity index (χ1v) is 11.2. The summed E-state index contributed by atoms with van der Waals surface area (Å²) in [5, 5.41) is 5.70. The van der Waals surface area contributed by atoms with Crippen molar-refractivity contribution in [1.29, 1.82) is 0 Å². The van der Waals surface area contributed by atoms with E-state index in [-0.39, 0.29) is 17.9 Å². The molecule has 4 rings (SSSR count). The summed E-state index contributed by atoms with van der Waals surface area (Å²) in [6, 6.07) is 15.6. The first kappa shape index (κ1) is 22.3. The lowest BCUT2D eigenvalue weighted by Gasteiger charge is -2.16. The summed E-state index contributed by atoms with van der Waals surface area (Å²) in [6.45, 7) is 4.08. The molecule has 168 valence electrons. The van der Waals surface area contributed by atoms with Crippen molar-refractivity contribution >= 4 is 34.6 Å². The SMILES string of the molecule is Cc1cccc(-n2c(SCC(=O)NC(=O)NCc3ccco3)nc3ccccc3c2=O)c1C. The van der Waals surface area contributed by atoms with Crippen molar-refractivity contribution < 1.29 is 14.0 Å². The topological polar surface area (TPSA) is 106 Å². The molecule has 0 fully saturated rings. The first-order chi connectivity index (χ1) is 15.9. The highest BCUT2D eigenvalue weighted by atomic mass is 32.2. The summed E-state index contributed by atoms with van der Waals surface area (Å²) in [6.07, 6.45) is 1.50. The van der Waals surface area contributed by atoms with Gasteiger partial charge in [-0.25, -0.2) is 9.78 Å². The summed E-state index contributed by atoms with van der Waals surface area (Å²) in [5.74, 6) is -0.0270. The van der Waals surface area contributed by atoms with Crippen LogP contribution in [0.15, 0.2) is 75.2 Å². The molecule has 0 radical (unpaired) electrons. The third-order valence-corrected chi connectivity index (χ3v) is 6.09. The molecule has 0 unspecified atom stereocenters. The number of thioether (sulfide) groups is 1. The third-order valence-electron chi connectivity index (χ3n) is 5.15. The number of hydrogen-bond acceptors (Lipinski definition) is 6. The highest BCUT2D eigenvalue weighted by molar-refractivity contribution is 7.99. The van der Waals surface area contributed by atoms with Crippen molar-refractivity contribution in [3.05, 3.63) is 88.1 Å². The Morgan fingerprint density at radius 1 is 1.06 bits per heavy atom. The van der Waals surface area contributed by atoms with E-state index < -0.39 is 11.9 Å². The Bertz CT molecular complexity index is 1380. The molecule has 0 bridgehead atoms. The molecule has 0 aliphatic carbocycles. The molecular formula is C24H22N4O4S. The molecule has 0 saturated heterocycles. The number of imide groups is 1. The smallest absolute Gasteiger partial charge is 0.321 e. The van der Waals surface area contributed by atoms with Crippen molar-refractivity contribution in [3.63, 3.8) is 0 Å². The normalized spacial score (nSPS) is 10.8. The number of para-hydroxylation sites is 1. The third kappa shape index (κ3) is 4.98. The maximum atomic E-state index is 13.4. The number of amides is 3. The van der Waals surface area contributed by atoms with Gasteiger partial charge in [-0.3, -0.25) is 19.5 Å². The van der Waals surface area contributed by atoms with Gasteiger partial charge in [0.2, 0.25) is 5.91 Å². The molecule has 0 saturated carbocycles. The van der Waals surface area contributed by atoms with E-state index in [2.05, 4.69) is 15.6 Å². The van der Waals surface area contributed by atoms with Gasteiger partial charge in [0.15, 0.2) is 5.16 Å². The second-order valence-electron chi connectivity index (χ2n) is 7.37. The van der Waals surface area contributed by atoms with E-state index in [9.17, 15) is 14.4 Å². The molecule has 0 aliphatic rings. The van der Waals surface area contributed by atoms with E-state index in [0.717, 1.165) is 22.9 Å². The van der Waals surface area contributed by atoms with Crippen LogP contribution in [0.1, 0.15) is 16.9 Å². The summed E-state index contributed by atoms with van der Waals surface area (Å²) in [4.78, 5) is 42.4. The van der Waals surface area contributed by atoms with Gasteiger partial charge in [0.05, 0.1) is 35.2 Å². The van der Waals surface area contributed by atoms with Crippen LogP contribution in [0.3, 0.4) is 0 Å². The lowest BCUT2D eigenvalue weighted by atomic mass is 10.1. The Balaban J connectivity index is 1.56. The molecule has 0 aliphatic heterocycles. The molecule has 33 heavy (non-hydrogen) atoms. The number of furan rings is 1. The van der Waals surface area contributed by atoms with Crippen LogP contribution in [0.5, 0.6) is 0 Å². The molecular weight excluding hydrogens is 440 g/mol. The number of nitrogens with one attached hydrogen (secondary N) is 2. The Hall–Kier alpha value is -3.85. The number of carbonyl (C=O) groups is 2. The van der Waals surface area contributed by atoms with Gasteiger partial charge in [-0.15, -0.1) is 0 Å². The fourth-order valence-corrected chi connectivity index (χ4v) is 4.12. The fraction of sp³-hybridized carbons (Fsp3) is 0.167. The van der Waals surface area contributed by atoms with Crippen LogP contribution in [-0.2, 0) is 11.3 Å². The second kappa shape index (κ2) is 9.74. The molecule has 4 aromatic rings. The number of aromatic nitrogens is 2. The average Bonchev–Trinajstić information content (AvgIpc) is 3.33. The van der Waals surface area contributed by atoms with Crippen LogP contribution in [0.25, 0.3) is 16.6 Å². The Labute approximate surface area is 194 Å². The van der Waals surface area contributed by atoms with Gasteiger partial charge in [0, 0.05) is 0 Å². The molecule has 2 aromatic heterocycles. The van der Waals surface area contributed by atoms with Crippen molar-refractivity contribution in [2.75, 3.05) is 5.75 Å². The quantitative estimate of drug-likeness (QED) is 0.334. The van der Waals surface area contributed by atoms with E-state index >= 15 is 0 Å². The minimum Gasteiger partial charge on any atom is -0.467 e. The van der Waals surface area contributed by atoms with Crippen LogP contribution in [0.2, 0.25) is 0 Å². The molecule has 0 atom stereocenters. The van der Waals surface area contributed by atoms with Gasteiger partial charge in [-0.1, -0.05) is 36.0 Å². The predicted molar refractivity (Wildman–Crippen MR) is 127 cm³/mol. The maximum Gasteiger partial charge on any atom is 0.321 e. The monoisotopic (exact) mass is 462 g/mol. The number of rotatable bonds is 6. The van der Waals surface area contributed by atoms with Crippen LogP contribution < -0.4 is 16.2 Å². The number of nitrogens with zero attached hydrogens (tertiary/aromatic N) is 2. The van der Waals surface area contributed by atoms with Gasteiger partial charge in [-0.05, 0) is 55.3 Å². The Morgan fingerprint density at radius 2 is 1.88 bits per heavy atom. The zero-order valence-corrected chi connectivity index (χ0v) is 18.9. The van der Waals surface area contributed by atoms with E-state index in [1.807, 2.05) is 38.1 Å². The van der Waals surface area contributed by atoms with Crippen LogP contribution in [0, 0.1) is 13.8 Å². The minimum atomic E-state index is -0.629. The van der Waals surface area contributed by atoms with E-state index in [1.165, 1.54) is 10.8 Å². The number of urea groups is 1. The van der Waals surface area contributed by atoms with Crippen LogP contribution in [-0.4, -0.2) is 27.2 Å². The summed E-state index contributed by atoms with van der Waals surface area (Å²) < 4.78 is 6.67. The zero-order chi connectivity index (χ0) is 23.4. The summed E-state index contributed by atoms with van der Waals surface area (Å²) in [7, 11) is 0. The lowest BCUT2D eigenvalue weighted by molar-refractivity contribution is -0.117. The average molecular weight is 463 g/mol. The van der Waals surface area contributed by atoms with Gasteiger partial charge in [0.25, 0.3) is 5.56 Å². The van der Waals surface area contributed by atoms with Gasteiger partial charge in [0.1, 0.15) is 5.76 Å². The Kier molecular flexibility index (Phi) is 6.60. The number of hydrogen-bond donors (Lipinski definition) is 2. The zero-order valence-electron chi connectivity index (χ0n) is 18.1. The second-order valence-corrected chi connectivity index (χ2v) is 8.31. The maximum absolute atomic E-state index is 13.4. The van der Waals surface area contributed by atoms with Gasteiger partial charge >= 0.3 is 6.03 Å². The van der Waals surface area contributed by atoms with E-state index in [0.29, 0.717) is 27.5 Å². The van der Waals surface area contributed by atoms with E-state index in [1.54, 1.807) is 30.3 Å². The van der Waals surface area contributed by atoms with Crippen molar-refractivity contribution in [2.24, 2.45) is 0 Å². The van der Waals surface area contributed by atoms with Crippen LogP contribution in [0.4, 0.5) is 4.79 Å². The van der Waals surface area contributed by atoms with Gasteiger partial charge in [-0.2, -0.15) is 0 Å². The van der Waals surface area contributed by atoms with Crippen molar-refractivity contribution in [1.82, 2.24) is 20.2 Å². The highest BCUT2D eigenvalue weighted by Gasteiger charge is 2.17. The molecule has 9 heteroatoms. The molecule has 2 heterocycles. The molecule has 8 nitrogen and oxygen atoms in total. The van der Waals surface area contributed by atoms with E-state index in [4.69, 9.17) is 4.42 Å². The Morgan fingerprint density at radius 3 is 2.67 bits per heavy atom. The number of carbonyl (C=O) groups excluding carboxylic acids is 2. The molecule has 2 N–H and O–H groups in total. The number of aryl methyl sites for hydroxylation is 1. The van der Waals surface area contributed by atoms with Crippen molar-refractivity contribution in [3.8, 4) is 5.69 Å². The highest BCUT2D eigenvalue weighted by Crippen LogP contribution is 2.24. The summed E-state index contributed by atoms with van der Waals surface area (Å²) in [5.41, 5.74) is 3.02. The van der Waals surface area contributed by atoms with Crippen LogP contribution >= 0.6 is 11.8 Å². The van der Waals surface area contributed by atoms with Gasteiger partial charge < -0.3 is 9.73 Å². The minimum absolute atomic E-state index is 0.0934. The largest absolute Gasteiger partial charge is 0.467 e. The van der Waals surface area contributed by atoms with Crippen molar-refractivity contribution in [2.45, 2.75) is 25.5 Å². The lowest BCUT2D eigenvalue weighted by Crippen LogP contribution is -2.40. The summed E-state index contributed by atoms with van der Waals surface area (Å²) >= 11 is 1.09. The molecule has 2 aromatic carbocycles. The fourth-order valence-electron chi connectivity index (χ4n) is 3.32. The molecule has 0 spiro atoms. The number of benzene rings is 2. The molecule has 3 amide bonds. The predicted octanol–water partition coefficient (Wildman–Crippen LogP) is 3.71. The first-order valence-electron chi connectivity index (χ1n) is 10.3.